The van der Waals surface area contributed by atoms with E-state index in [1.807, 2.05) is 0 Å². The fraction of sp³-hybridized carbons (Fsp3) is 0.273. The van der Waals surface area contributed by atoms with Gasteiger partial charge in [-0.05, 0) is 25.1 Å². The van der Waals surface area contributed by atoms with Gasteiger partial charge in [0.2, 0.25) is 0 Å². The first-order chi connectivity index (χ1) is 8.08. The van der Waals surface area contributed by atoms with Crippen molar-refractivity contribution >= 4 is 29.4 Å². The molecule has 1 N–H and O–H groups in total. The second-order valence-electron chi connectivity index (χ2n) is 3.03. The molecule has 6 heteroatoms. The highest BCUT2D eigenvalue weighted by Crippen LogP contribution is 2.23. The van der Waals surface area contributed by atoms with E-state index in [1.54, 1.807) is 6.92 Å². The Balaban J connectivity index is 2.90. The molecule has 92 valence electrons. The van der Waals surface area contributed by atoms with Crippen LogP contribution in [0.5, 0.6) is 0 Å². The number of carbonyl (C=O) groups excluding carboxylic acids is 2. The predicted molar refractivity (Wildman–Crippen MR) is 63.4 cm³/mol. The minimum Gasteiger partial charge on any atom is -0.465 e. The first-order valence-corrected chi connectivity index (χ1v) is 5.28. The van der Waals surface area contributed by atoms with Crippen molar-refractivity contribution in [1.29, 1.82) is 0 Å². The number of nitrogens with one attached hydrogen (secondary N) is 1. The van der Waals surface area contributed by atoms with E-state index in [9.17, 15) is 9.59 Å². The zero-order valence-electron chi connectivity index (χ0n) is 9.45. The first-order valence-electron chi connectivity index (χ1n) is 4.90. The quantitative estimate of drug-likeness (QED) is 0.846. The molecule has 5 nitrogen and oxygen atoms in total. The van der Waals surface area contributed by atoms with Crippen LogP contribution in [0.15, 0.2) is 18.2 Å². The SMILES string of the molecule is CCOC(=O)Nc1cc(C(=O)OC)ccc1Cl. The number of carbonyl (C=O) groups is 2. The standard InChI is InChI=1S/C11H12ClNO4/c1-3-17-11(15)13-9-6-7(10(14)16-2)4-5-8(9)12/h4-6H,3H2,1-2H3,(H,13,15). The summed E-state index contributed by atoms with van der Waals surface area (Å²) in [5.74, 6) is -0.506. The fourth-order valence-electron chi connectivity index (χ4n) is 1.14. The molecule has 0 aromatic heterocycles. The predicted octanol–water partition coefficient (Wildman–Crippen LogP) is 2.70. The van der Waals surface area contributed by atoms with Crippen LogP contribution in [0.25, 0.3) is 0 Å². The minimum absolute atomic E-state index is 0.250. The van der Waals surface area contributed by atoms with Crippen molar-refractivity contribution in [1.82, 2.24) is 0 Å². The smallest absolute Gasteiger partial charge is 0.411 e. The summed E-state index contributed by atoms with van der Waals surface area (Å²) in [6, 6.07) is 4.42. The van der Waals surface area contributed by atoms with Crippen LogP contribution >= 0.6 is 11.6 Å². The molecule has 1 rings (SSSR count). The molecular weight excluding hydrogens is 246 g/mol. The number of anilines is 1. The largest absolute Gasteiger partial charge is 0.465 e. The van der Waals surface area contributed by atoms with E-state index < -0.39 is 12.1 Å². The number of rotatable bonds is 3. The van der Waals surface area contributed by atoms with Gasteiger partial charge >= 0.3 is 12.1 Å². The van der Waals surface area contributed by atoms with E-state index in [0.717, 1.165) is 0 Å². The second-order valence-corrected chi connectivity index (χ2v) is 3.44. The van der Waals surface area contributed by atoms with Gasteiger partial charge in [0.1, 0.15) is 0 Å². The molecule has 0 saturated carbocycles. The zero-order valence-corrected chi connectivity index (χ0v) is 10.2. The molecule has 0 atom stereocenters. The monoisotopic (exact) mass is 257 g/mol. The normalized spacial score (nSPS) is 9.59. The molecule has 1 aromatic carbocycles. The number of ether oxygens (including phenoxy) is 2. The van der Waals surface area contributed by atoms with Gasteiger partial charge in [-0.2, -0.15) is 0 Å². The number of amides is 1. The molecule has 0 aliphatic rings. The summed E-state index contributed by atoms with van der Waals surface area (Å²) in [6.45, 7) is 1.94. The Bertz CT molecular complexity index is 433. The maximum Gasteiger partial charge on any atom is 0.411 e. The summed E-state index contributed by atoms with van der Waals surface area (Å²) in [5, 5.41) is 2.74. The lowest BCUT2D eigenvalue weighted by Gasteiger charge is -2.08. The number of halogens is 1. The lowest BCUT2D eigenvalue weighted by Crippen LogP contribution is -2.14. The summed E-state index contributed by atoms with van der Waals surface area (Å²) in [4.78, 5) is 22.5. The van der Waals surface area contributed by atoms with Gasteiger partial charge in [0.25, 0.3) is 0 Å². The Hall–Kier alpha value is -1.75. The van der Waals surface area contributed by atoms with Gasteiger partial charge in [-0.15, -0.1) is 0 Å². The van der Waals surface area contributed by atoms with Gasteiger partial charge in [-0.1, -0.05) is 11.6 Å². The van der Waals surface area contributed by atoms with Crippen LogP contribution < -0.4 is 5.32 Å². The lowest BCUT2D eigenvalue weighted by molar-refractivity contribution is 0.0600. The number of esters is 1. The average molecular weight is 258 g/mol. The van der Waals surface area contributed by atoms with Crippen molar-refractivity contribution in [3.8, 4) is 0 Å². The molecule has 0 radical (unpaired) electrons. The van der Waals surface area contributed by atoms with Crippen LogP contribution in [0.4, 0.5) is 10.5 Å². The highest BCUT2D eigenvalue weighted by molar-refractivity contribution is 6.33. The van der Waals surface area contributed by atoms with Gasteiger partial charge in [0.05, 0.1) is 30.0 Å². The van der Waals surface area contributed by atoms with Crippen LogP contribution in [-0.2, 0) is 9.47 Å². The Morgan fingerprint density at radius 3 is 2.71 bits per heavy atom. The third-order valence-corrected chi connectivity index (χ3v) is 2.23. The molecule has 0 aliphatic heterocycles. The Morgan fingerprint density at radius 1 is 1.41 bits per heavy atom. The Kier molecular flexibility index (Phi) is 4.78. The molecule has 0 unspecified atom stereocenters. The van der Waals surface area contributed by atoms with Crippen molar-refractivity contribution in [2.45, 2.75) is 6.92 Å². The summed E-state index contributed by atoms with van der Waals surface area (Å²) in [6.07, 6.45) is -0.628. The summed E-state index contributed by atoms with van der Waals surface area (Å²) < 4.78 is 9.26. The van der Waals surface area contributed by atoms with E-state index in [1.165, 1.54) is 25.3 Å². The van der Waals surface area contributed by atoms with Gasteiger partial charge in [0.15, 0.2) is 0 Å². The topological polar surface area (TPSA) is 64.6 Å². The number of hydrogen-bond acceptors (Lipinski definition) is 4. The van der Waals surface area contributed by atoms with Crippen LogP contribution in [0, 0.1) is 0 Å². The average Bonchev–Trinajstić information content (AvgIpc) is 2.31. The molecule has 1 aromatic rings. The molecule has 0 bridgehead atoms. The summed E-state index contributed by atoms with van der Waals surface area (Å²) in [5.41, 5.74) is 0.594. The van der Waals surface area contributed by atoms with Crippen LogP contribution in [0.1, 0.15) is 17.3 Å². The van der Waals surface area contributed by atoms with Crippen molar-refractivity contribution < 1.29 is 19.1 Å². The van der Waals surface area contributed by atoms with Crippen LogP contribution in [0.2, 0.25) is 5.02 Å². The van der Waals surface area contributed by atoms with Crippen molar-refractivity contribution in [2.24, 2.45) is 0 Å². The van der Waals surface area contributed by atoms with E-state index in [4.69, 9.17) is 16.3 Å². The molecule has 0 aliphatic carbocycles. The van der Waals surface area contributed by atoms with Gasteiger partial charge in [-0.3, -0.25) is 5.32 Å². The van der Waals surface area contributed by atoms with Crippen LogP contribution in [-0.4, -0.2) is 25.8 Å². The molecule has 17 heavy (non-hydrogen) atoms. The third kappa shape index (κ3) is 3.64. The Morgan fingerprint density at radius 2 is 2.12 bits per heavy atom. The van der Waals surface area contributed by atoms with Crippen LogP contribution in [0.3, 0.4) is 0 Å². The van der Waals surface area contributed by atoms with Crippen molar-refractivity contribution in [2.75, 3.05) is 19.0 Å². The molecule has 0 spiro atoms. The highest BCUT2D eigenvalue weighted by Gasteiger charge is 2.11. The van der Waals surface area contributed by atoms with E-state index in [0.29, 0.717) is 16.3 Å². The third-order valence-electron chi connectivity index (χ3n) is 1.90. The number of benzene rings is 1. The maximum absolute atomic E-state index is 11.3. The van der Waals surface area contributed by atoms with E-state index in [-0.39, 0.29) is 6.61 Å². The molecule has 0 heterocycles. The fourth-order valence-corrected chi connectivity index (χ4v) is 1.31. The maximum atomic E-state index is 11.3. The van der Waals surface area contributed by atoms with Gasteiger partial charge in [0, 0.05) is 0 Å². The Labute approximate surface area is 104 Å². The van der Waals surface area contributed by atoms with Crippen molar-refractivity contribution in [3.63, 3.8) is 0 Å². The highest BCUT2D eigenvalue weighted by atomic mass is 35.5. The second kappa shape index (κ2) is 6.10. The van der Waals surface area contributed by atoms with E-state index in [2.05, 4.69) is 10.1 Å². The van der Waals surface area contributed by atoms with E-state index >= 15 is 0 Å². The number of hydrogen-bond donors (Lipinski definition) is 1. The molecule has 0 fully saturated rings. The van der Waals surface area contributed by atoms with Gasteiger partial charge < -0.3 is 9.47 Å². The van der Waals surface area contributed by atoms with Gasteiger partial charge in [-0.25, -0.2) is 9.59 Å². The van der Waals surface area contributed by atoms with Crippen molar-refractivity contribution in [3.05, 3.63) is 28.8 Å². The number of methoxy groups -OCH3 is 1. The molecular formula is C11H12ClNO4. The first kappa shape index (κ1) is 13.3. The summed E-state index contributed by atoms with van der Waals surface area (Å²) >= 11 is 5.87. The summed E-state index contributed by atoms with van der Waals surface area (Å²) in [7, 11) is 1.27. The zero-order chi connectivity index (χ0) is 12.8. The molecule has 0 saturated heterocycles. The molecule has 1 amide bonds. The minimum atomic E-state index is -0.628. The lowest BCUT2D eigenvalue weighted by atomic mass is 10.2.